The van der Waals surface area contributed by atoms with Crippen LogP contribution in [0.15, 0.2) is 96.1 Å². The summed E-state index contributed by atoms with van der Waals surface area (Å²) in [6, 6.07) is 25.1. The highest BCUT2D eigenvalue weighted by Crippen LogP contribution is 2.26. The number of aromatic nitrogens is 1. The van der Waals surface area contributed by atoms with E-state index < -0.39 is 0 Å². The fourth-order valence-corrected chi connectivity index (χ4v) is 3.74. The van der Waals surface area contributed by atoms with Gasteiger partial charge in [0.25, 0.3) is 0 Å². The monoisotopic (exact) mass is 417 g/mol. The number of H-pyrrole nitrogens is 1. The molecule has 2 aromatic carbocycles. The van der Waals surface area contributed by atoms with E-state index in [4.69, 9.17) is 4.42 Å². The number of nitrogens with one attached hydrogen (secondary N) is 1. The predicted octanol–water partition coefficient (Wildman–Crippen LogP) is 8.71. The van der Waals surface area contributed by atoms with Gasteiger partial charge in [-0.3, -0.25) is 0 Å². The average molecular weight is 418 g/mol. The average Bonchev–Trinajstić information content (AvgIpc) is 3.22. The Labute approximate surface area is 189 Å². The molecule has 2 heterocycles. The van der Waals surface area contributed by atoms with E-state index in [1.54, 1.807) is 6.26 Å². The standard InChI is InChI=1S/C30H27NO/c1-4-9-24-18-19-25(10-8-21-32-22(24)3)26-16-13-23(14-17-26)15-20-28-27-11-6-7-12-30(27)31-29(28)5-2/h4-21,31H,2H2,1,3H3/b9-4-,19-18?,20-15+,21-8?,24-22?,25-10?. The van der Waals surface area contributed by atoms with Crippen molar-refractivity contribution in [3.05, 3.63) is 120 Å². The quantitative estimate of drug-likeness (QED) is 0.345. The molecule has 0 atom stereocenters. The summed E-state index contributed by atoms with van der Waals surface area (Å²) in [5, 5.41) is 1.20. The Balaban J connectivity index is 1.65. The Morgan fingerprint density at radius 1 is 0.812 bits per heavy atom. The molecule has 2 nitrogen and oxygen atoms in total. The number of aryl methyl sites for hydroxylation is 1. The number of rotatable bonds is 5. The lowest BCUT2D eigenvalue weighted by molar-refractivity contribution is 0.519. The van der Waals surface area contributed by atoms with Crippen LogP contribution in [-0.4, -0.2) is 4.98 Å². The van der Waals surface area contributed by atoms with Crippen LogP contribution in [0.25, 0.3) is 46.3 Å². The van der Waals surface area contributed by atoms with Crippen LogP contribution in [0.4, 0.5) is 0 Å². The smallest absolute Gasteiger partial charge is 0.107 e. The normalized spacial score (nSPS) is 11.3. The highest BCUT2D eigenvalue weighted by molar-refractivity contribution is 5.95. The molecule has 0 aliphatic carbocycles. The van der Waals surface area contributed by atoms with Gasteiger partial charge >= 0.3 is 0 Å². The molecule has 4 rings (SSSR count). The van der Waals surface area contributed by atoms with Gasteiger partial charge in [0.05, 0.1) is 6.26 Å². The summed E-state index contributed by atoms with van der Waals surface area (Å²) in [6.45, 7) is 7.93. The first-order valence-corrected chi connectivity index (χ1v) is 10.8. The van der Waals surface area contributed by atoms with Crippen LogP contribution < -0.4 is 0 Å². The lowest BCUT2D eigenvalue weighted by Gasteiger charge is -2.01. The van der Waals surface area contributed by atoms with E-state index >= 15 is 0 Å². The second kappa shape index (κ2) is 9.84. The van der Waals surface area contributed by atoms with Crippen molar-refractivity contribution >= 4 is 35.2 Å². The molecule has 0 spiro atoms. The Kier molecular flexibility index (Phi) is 6.52. The molecule has 0 saturated heterocycles. The number of benzene rings is 2. The van der Waals surface area contributed by atoms with Crippen LogP contribution in [0.1, 0.15) is 35.1 Å². The van der Waals surface area contributed by atoms with Crippen molar-refractivity contribution in [2.24, 2.45) is 0 Å². The van der Waals surface area contributed by atoms with E-state index in [9.17, 15) is 0 Å². The molecule has 32 heavy (non-hydrogen) atoms. The zero-order valence-electron chi connectivity index (χ0n) is 18.5. The Morgan fingerprint density at radius 3 is 2.34 bits per heavy atom. The van der Waals surface area contributed by atoms with Gasteiger partial charge in [-0.25, -0.2) is 0 Å². The first-order chi connectivity index (χ1) is 15.7. The molecule has 0 fully saturated rings. The van der Waals surface area contributed by atoms with Crippen molar-refractivity contribution < 1.29 is 4.42 Å². The number of allylic oxidation sites excluding steroid dienone is 1. The van der Waals surface area contributed by atoms with Gasteiger partial charge in [-0.15, -0.1) is 0 Å². The minimum Gasteiger partial charge on any atom is -0.469 e. The van der Waals surface area contributed by atoms with Crippen LogP contribution >= 0.6 is 0 Å². The van der Waals surface area contributed by atoms with Gasteiger partial charge in [-0.2, -0.15) is 0 Å². The molecule has 0 bridgehead atoms. The van der Waals surface area contributed by atoms with Crippen molar-refractivity contribution in [3.63, 3.8) is 0 Å². The van der Waals surface area contributed by atoms with Crippen LogP contribution in [0, 0.1) is 6.92 Å². The number of fused-ring (bicyclic) bond motifs is 1. The maximum atomic E-state index is 5.68. The number of hydrogen-bond acceptors (Lipinski definition) is 1. The summed E-state index contributed by atoms with van der Waals surface area (Å²) < 4.78 is 5.68. The molecule has 1 N–H and O–H groups in total. The third-order valence-electron chi connectivity index (χ3n) is 5.46. The molecular weight excluding hydrogens is 390 g/mol. The molecule has 4 aromatic rings. The summed E-state index contributed by atoms with van der Waals surface area (Å²) in [7, 11) is 0. The third kappa shape index (κ3) is 4.65. The van der Waals surface area contributed by atoms with Gasteiger partial charge in [0.2, 0.25) is 0 Å². The predicted molar refractivity (Wildman–Crippen MR) is 139 cm³/mol. The van der Waals surface area contributed by atoms with Crippen molar-refractivity contribution in [1.82, 2.24) is 4.98 Å². The topological polar surface area (TPSA) is 28.9 Å². The number of aromatic amines is 1. The SMILES string of the molecule is C=Cc1[nH]c2ccccc2c1/C=C/c1ccc(-c2cccoc(C)c(/C=C\C)cc2)cc1. The molecule has 0 aliphatic heterocycles. The molecule has 0 aliphatic rings. The van der Waals surface area contributed by atoms with Crippen molar-refractivity contribution in [1.29, 1.82) is 0 Å². The van der Waals surface area contributed by atoms with Gasteiger partial charge < -0.3 is 9.40 Å². The zero-order valence-corrected chi connectivity index (χ0v) is 18.5. The van der Waals surface area contributed by atoms with Gasteiger partial charge in [-0.1, -0.05) is 91.5 Å². The molecule has 0 unspecified atom stereocenters. The third-order valence-corrected chi connectivity index (χ3v) is 5.46. The summed E-state index contributed by atoms with van der Waals surface area (Å²) in [5.74, 6) is 0.877. The highest BCUT2D eigenvalue weighted by Gasteiger charge is 2.05. The maximum absolute atomic E-state index is 5.68. The molecular formula is C30H27NO. The van der Waals surface area contributed by atoms with E-state index in [1.165, 1.54) is 5.39 Å². The van der Waals surface area contributed by atoms with Gasteiger partial charge in [0.15, 0.2) is 0 Å². The van der Waals surface area contributed by atoms with Crippen LogP contribution in [0.3, 0.4) is 0 Å². The molecule has 0 amide bonds. The van der Waals surface area contributed by atoms with Crippen molar-refractivity contribution in [2.75, 3.05) is 0 Å². The van der Waals surface area contributed by atoms with Crippen LogP contribution in [-0.2, 0) is 0 Å². The second-order valence-electron chi connectivity index (χ2n) is 7.57. The van der Waals surface area contributed by atoms with Crippen LogP contribution in [0.5, 0.6) is 0 Å². The number of hydrogen-bond donors (Lipinski definition) is 1. The first-order valence-electron chi connectivity index (χ1n) is 10.8. The second-order valence-corrected chi connectivity index (χ2v) is 7.57. The first kappa shape index (κ1) is 21.2. The lowest BCUT2D eigenvalue weighted by Crippen LogP contribution is -1.78. The summed E-state index contributed by atoms with van der Waals surface area (Å²) in [5.41, 5.74) is 7.80. The minimum absolute atomic E-state index is 0.877. The Hall–Kier alpha value is -4.04. The summed E-state index contributed by atoms with van der Waals surface area (Å²) >= 11 is 0. The van der Waals surface area contributed by atoms with Gasteiger partial charge in [0.1, 0.15) is 5.76 Å². The molecule has 0 saturated carbocycles. The molecule has 158 valence electrons. The maximum Gasteiger partial charge on any atom is 0.107 e. The Bertz CT molecular complexity index is 1350. The van der Waals surface area contributed by atoms with Crippen molar-refractivity contribution in [2.45, 2.75) is 13.8 Å². The fraction of sp³-hybridized carbons (Fsp3) is 0.0667. The fourth-order valence-electron chi connectivity index (χ4n) is 3.74. The molecule has 2 heteroatoms. The van der Waals surface area contributed by atoms with Gasteiger partial charge in [0, 0.05) is 27.7 Å². The van der Waals surface area contributed by atoms with Crippen molar-refractivity contribution in [3.8, 4) is 11.1 Å². The van der Waals surface area contributed by atoms with E-state index in [2.05, 4.69) is 90.5 Å². The zero-order chi connectivity index (χ0) is 22.3. The van der Waals surface area contributed by atoms with E-state index in [0.29, 0.717) is 0 Å². The number of para-hydroxylation sites is 1. The lowest BCUT2D eigenvalue weighted by atomic mass is 10.0. The molecule has 2 aromatic heterocycles. The summed E-state index contributed by atoms with van der Waals surface area (Å²) in [6.07, 6.45) is 12.0. The highest BCUT2D eigenvalue weighted by atomic mass is 16.3. The summed E-state index contributed by atoms with van der Waals surface area (Å²) in [4.78, 5) is 3.42. The molecule has 0 radical (unpaired) electrons. The van der Waals surface area contributed by atoms with E-state index in [1.807, 2.05) is 38.1 Å². The minimum atomic E-state index is 0.877. The Morgan fingerprint density at radius 2 is 1.56 bits per heavy atom. The van der Waals surface area contributed by atoms with E-state index in [-0.39, 0.29) is 0 Å². The largest absolute Gasteiger partial charge is 0.469 e. The van der Waals surface area contributed by atoms with E-state index in [0.717, 1.165) is 44.8 Å². The van der Waals surface area contributed by atoms with Gasteiger partial charge in [-0.05, 0) is 48.7 Å². The van der Waals surface area contributed by atoms with Crippen LogP contribution in [0.2, 0.25) is 0 Å².